The summed E-state index contributed by atoms with van der Waals surface area (Å²) in [5.41, 5.74) is 3.93. The molecule has 0 aliphatic rings. The maximum atomic E-state index is 11.6. The van der Waals surface area contributed by atoms with Crippen LogP contribution >= 0.6 is 0 Å². The molecule has 0 saturated heterocycles. The molecule has 0 unspecified atom stereocenters. The van der Waals surface area contributed by atoms with E-state index in [1.165, 1.54) is 0 Å². The standard InChI is InChI=1S/C16H24O3/c1-5-6-9-19-15(17)8-7-14-10-11(2)16(18)13(4)12(14)3/h10,18H,5-9H2,1-4H3. The molecule has 0 aliphatic heterocycles. The number of rotatable bonds is 6. The zero-order valence-electron chi connectivity index (χ0n) is 12.4. The van der Waals surface area contributed by atoms with Crippen LogP contribution in [0.5, 0.6) is 5.75 Å². The lowest BCUT2D eigenvalue weighted by atomic mass is 9.96. The summed E-state index contributed by atoms with van der Waals surface area (Å²) < 4.78 is 5.14. The van der Waals surface area contributed by atoms with Gasteiger partial charge in [-0.25, -0.2) is 0 Å². The summed E-state index contributed by atoms with van der Waals surface area (Å²) in [5.74, 6) is 0.211. The van der Waals surface area contributed by atoms with Gasteiger partial charge in [0.05, 0.1) is 6.61 Å². The van der Waals surface area contributed by atoms with E-state index in [0.29, 0.717) is 25.2 Å². The number of hydrogen-bond donors (Lipinski definition) is 1. The molecule has 19 heavy (non-hydrogen) atoms. The smallest absolute Gasteiger partial charge is 0.306 e. The van der Waals surface area contributed by atoms with Gasteiger partial charge in [0.1, 0.15) is 5.75 Å². The van der Waals surface area contributed by atoms with E-state index in [4.69, 9.17) is 4.74 Å². The molecule has 0 aromatic heterocycles. The molecule has 0 spiro atoms. The molecule has 0 bridgehead atoms. The van der Waals surface area contributed by atoms with Crippen molar-refractivity contribution in [3.8, 4) is 5.75 Å². The number of carbonyl (C=O) groups excluding carboxylic acids is 1. The first-order valence-electron chi connectivity index (χ1n) is 6.91. The molecule has 106 valence electrons. The van der Waals surface area contributed by atoms with Crippen LogP contribution in [0.2, 0.25) is 0 Å². The van der Waals surface area contributed by atoms with Crippen LogP contribution < -0.4 is 0 Å². The molecule has 3 nitrogen and oxygen atoms in total. The number of phenolic OH excluding ortho intramolecular Hbond substituents is 1. The Morgan fingerprint density at radius 2 is 1.95 bits per heavy atom. The molecule has 1 N–H and O–H groups in total. The van der Waals surface area contributed by atoms with Gasteiger partial charge in [-0.15, -0.1) is 0 Å². The fourth-order valence-electron chi connectivity index (χ4n) is 2.05. The van der Waals surface area contributed by atoms with Crippen molar-refractivity contribution in [2.24, 2.45) is 0 Å². The minimum Gasteiger partial charge on any atom is -0.507 e. The minimum absolute atomic E-state index is 0.142. The second-order valence-corrected chi connectivity index (χ2v) is 5.03. The summed E-state index contributed by atoms with van der Waals surface area (Å²) >= 11 is 0. The number of carbonyl (C=O) groups is 1. The Morgan fingerprint density at radius 3 is 2.58 bits per heavy atom. The van der Waals surface area contributed by atoms with E-state index in [1.54, 1.807) is 0 Å². The van der Waals surface area contributed by atoms with Crippen molar-refractivity contribution >= 4 is 5.97 Å². The van der Waals surface area contributed by atoms with Crippen molar-refractivity contribution in [1.82, 2.24) is 0 Å². The Morgan fingerprint density at radius 1 is 1.26 bits per heavy atom. The maximum absolute atomic E-state index is 11.6. The van der Waals surface area contributed by atoms with E-state index in [-0.39, 0.29) is 5.97 Å². The van der Waals surface area contributed by atoms with Crippen LogP contribution in [0.4, 0.5) is 0 Å². The number of ether oxygens (including phenoxy) is 1. The first-order chi connectivity index (χ1) is 8.97. The largest absolute Gasteiger partial charge is 0.507 e. The highest BCUT2D eigenvalue weighted by atomic mass is 16.5. The summed E-state index contributed by atoms with van der Waals surface area (Å²) in [6.45, 7) is 8.35. The number of esters is 1. The minimum atomic E-state index is -0.142. The van der Waals surface area contributed by atoms with Gasteiger partial charge in [0, 0.05) is 6.42 Å². The fourth-order valence-corrected chi connectivity index (χ4v) is 2.05. The normalized spacial score (nSPS) is 10.5. The van der Waals surface area contributed by atoms with E-state index in [2.05, 4.69) is 6.92 Å². The Hall–Kier alpha value is -1.51. The number of aryl methyl sites for hydroxylation is 2. The zero-order chi connectivity index (χ0) is 14.4. The summed E-state index contributed by atoms with van der Waals surface area (Å²) in [5, 5.41) is 9.84. The molecule has 0 saturated carbocycles. The summed E-state index contributed by atoms with van der Waals surface area (Å²) in [6, 6.07) is 1.96. The van der Waals surface area contributed by atoms with E-state index in [1.807, 2.05) is 26.8 Å². The second kappa shape index (κ2) is 7.17. The van der Waals surface area contributed by atoms with Crippen molar-refractivity contribution in [3.63, 3.8) is 0 Å². The fraction of sp³-hybridized carbons (Fsp3) is 0.562. The third-order valence-electron chi connectivity index (χ3n) is 3.52. The number of benzene rings is 1. The lowest BCUT2D eigenvalue weighted by Gasteiger charge is -2.12. The van der Waals surface area contributed by atoms with Gasteiger partial charge >= 0.3 is 5.97 Å². The van der Waals surface area contributed by atoms with Crippen molar-refractivity contribution < 1.29 is 14.6 Å². The van der Waals surface area contributed by atoms with Crippen LogP contribution in [0.1, 0.15) is 48.4 Å². The molecule has 0 heterocycles. The van der Waals surface area contributed by atoms with Gasteiger partial charge in [-0.05, 0) is 55.9 Å². The quantitative estimate of drug-likeness (QED) is 0.631. The molecule has 1 rings (SSSR count). The van der Waals surface area contributed by atoms with Gasteiger partial charge in [0.2, 0.25) is 0 Å². The SMILES string of the molecule is CCCCOC(=O)CCc1cc(C)c(O)c(C)c1C. The Kier molecular flexibility index (Phi) is 5.87. The van der Waals surface area contributed by atoms with E-state index in [0.717, 1.165) is 35.1 Å². The van der Waals surface area contributed by atoms with Crippen molar-refractivity contribution in [1.29, 1.82) is 0 Å². The van der Waals surface area contributed by atoms with Crippen LogP contribution in [0.25, 0.3) is 0 Å². The Labute approximate surface area is 115 Å². The van der Waals surface area contributed by atoms with Crippen molar-refractivity contribution in [2.75, 3.05) is 6.61 Å². The Bertz CT molecular complexity index is 450. The van der Waals surface area contributed by atoms with Crippen LogP contribution in [-0.4, -0.2) is 17.7 Å². The molecule has 0 fully saturated rings. The van der Waals surface area contributed by atoms with Gasteiger partial charge < -0.3 is 9.84 Å². The van der Waals surface area contributed by atoms with Crippen LogP contribution in [0.3, 0.4) is 0 Å². The number of aromatic hydroxyl groups is 1. The van der Waals surface area contributed by atoms with Crippen molar-refractivity contribution in [3.05, 3.63) is 28.3 Å². The lowest BCUT2D eigenvalue weighted by Crippen LogP contribution is -2.08. The summed E-state index contributed by atoms with van der Waals surface area (Å²) in [4.78, 5) is 11.6. The average molecular weight is 264 g/mol. The van der Waals surface area contributed by atoms with Gasteiger partial charge in [-0.2, -0.15) is 0 Å². The molecule has 0 aliphatic carbocycles. The number of hydrogen-bond acceptors (Lipinski definition) is 3. The summed E-state index contributed by atoms with van der Waals surface area (Å²) in [6.07, 6.45) is 3.01. The highest BCUT2D eigenvalue weighted by molar-refractivity contribution is 5.69. The third-order valence-corrected chi connectivity index (χ3v) is 3.52. The van der Waals surface area contributed by atoms with Gasteiger partial charge in [0.25, 0.3) is 0 Å². The maximum Gasteiger partial charge on any atom is 0.306 e. The van der Waals surface area contributed by atoms with E-state index >= 15 is 0 Å². The van der Waals surface area contributed by atoms with Crippen molar-refractivity contribution in [2.45, 2.75) is 53.4 Å². The zero-order valence-corrected chi connectivity index (χ0v) is 12.4. The lowest BCUT2D eigenvalue weighted by molar-refractivity contribution is -0.143. The van der Waals surface area contributed by atoms with E-state index in [9.17, 15) is 9.90 Å². The number of phenols is 1. The average Bonchev–Trinajstić information content (AvgIpc) is 2.39. The topological polar surface area (TPSA) is 46.5 Å². The molecule has 0 atom stereocenters. The molecular weight excluding hydrogens is 240 g/mol. The predicted octanol–water partition coefficient (Wildman–Crippen LogP) is 3.59. The second-order valence-electron chi connectivity index (χ2n) is 5.03. The molecule has 1 aromatic carbocycles. The molecule has 3 heteroatoms. The first kappa shape index (κ1) is 15.5. The predicted molar refractivity (Wildman–Crippen MR) is 76.5 cm³/mol. The Balaban J connectivity index is 2.61. The van der Waals surface area contributed by atoms with Crippen LogP contribution in [-0.2, 0) is 16.0 Å². The van der Waals surface area contributed by atoms with Crippen LogP contribution in [0, 0.1) is 20.8 Å². The highest BCUT2D eigenvalue weighted by Gasteiger charge is 2.11. The van der Waals surface area contributed by atoms with Gasteiger partial charge in [-0.1, -0.05) is 19.4 Å². The van der Waals surface area contributed by atoms with Crippen LogP contribution in [0.15, 0.2) is 6.07 Å². The molecular formula is C16H24O3. The molecule has 0 radical (unpaired) electrons. The molecule has 1 aromatic rings. The van der Waals surface area contributed by atoms with Gasteiger partial charge in [-0.3, -0.25) is 4.79 Å². The first-order valence-corrected chi connectivity index (χ1v) is 6.91. The van der Waals surface area contributed by atoms with Gasteiger partial charge in [0.15, 0.2) is 0 Å². The monoisotopic (exact) mass is 264 g/mol. The van der Waals surface area contributed by atoms with E-state index < -0.39 is 0 Å². The summed E-state index contributed by atoms with van der Waals surface area (Å²) in [7, 11) is 0. The molecule has 0 amide bonds. The highest BCUT2D eigenvalue weighted by Crippen LogP contribution is 2.28. The number of unbranched alkanes of at least 4 members (excludes halogenated alkanes) is 1. The third kappa shape index (κ3) is 4.27.